The van der Waals surface area contributed by atoms with Crippen LogP contribution in [0.25, 0.3) is 21.5 Å². The highest BCUT2D eigenvalue weighted by Gasteiger charge is 2.02. The Balaban J connectivity index is 0.000000228. The lowest BCUT2D eigenvalue weighted by Crippen LogP contribution is -1.97. The maximum absolute atomic E-state index is 9.45. The molecule has 0 aliphatic heterocycles. The molecule has 0 aromatic heterocycles. The van der Waals surface area contributed by atoms with Crippen LogP contribution >= 0.6 is 47.8 Å². The molecule has 39 heavy (non-hydrogen) atoms. The lowest BCUT2D eigenvalue weighted by atomic mass is 10.1. The van der Waals surface area contributed by atoms with E-state index in [9.17, 15) is 5.11 Å². The summed E-state index contributed by atoms with van der Waals surface area (Å²) in [4.78, 5) is 0. The summed E-state index contributed by atoms with van der Waals surface area (Å²) in [6, 6.07) is 23.8. The van der Waals surface area contributed by atoms with Crippen molar-refractivity contribution in [1.82, 2.24) is 0 Å². The van der Waals surface area contributed by atoms with Crippen LogP contribution in [0.2, 0.25) is 0 Å². The van der Waals surface area contributed by atoms with Crippen molar-refractivity contribution in [2.45, 2.75) is 78.1 Å². The van der Waals surface area contributed by atoms with Crippen LogP contribution in [0.4, 0.5) is 0 Å². The van der Waals surface area contributed by atoms with E-state index in [1.807, 2.05) is 30.3 Å². The van der Waals surface area contributed by atoms with E-state index in [0.717, 1.165) is 38.5 Å². The molecule has 5 heteroatoms. The van der Waals surface area contributed by atoms with Gasteiger partial charge in [-0.15, -0.1) is 0 Å². The minimum atomic E-state index is 0.333. The molecule has 0 radical (unpaired) electrons. The number of rotatable bonds is 12. The van der Waals surface area contributed by atoms with Crippen LogP contribution in [0.3, 0.4) is 0 Å². The number of hydrogen-bond acceptors (Lipinski definition) is 2. The van der Waals surface area contributed by atoms with Crippen LogP contribution in [-0.4, -0.2) is 17.0 Å². The molecular weight excluding hydrogens is 680 g/mol. The molecule has 4 aromatic carbocycles. The number of hydrogen-bond donors (Lipinski definition) is 1. The largest absolute Gasteiger partial charge is 0.507 e. The van der Waals surface area contributed by atoms with Crippen LogP contribution in [0.5, 0.6) is 11.5 Å². The summed E-state index contributed by atoms with van der Waals surface area (Å²) in [5.74, 6) is 1.33. The number of ether oxygens (including phenoxy) is 1. The molecule has 0 unspecified atom stereocenters. The summed E-state index contributed by atoms with van der Waals surface area (Å²) in [6.45, 7) is 5.30. The summed E-state index contributed by atoms with van der Waals surface area (Å²) in [5.41, 5.74) is 0. The molecule has 0 amide bonds. The number of fused-ring (bicyclic) bond motifs is 2. The van der Waals surface area contributed by atoms with E-state index in [4.69, 9.17) is 4.74 Å². The van der Waals surface area contributed by atoms with E-state index in [2.05, 4.69) is 98.0 Å². The highest BCUT2D eigenvalue weighted by atomic mass is 79.9. The zero-order chi connectivity index (χ0) is 28.3. The number of aromatic hydroxyl groups is 1. The zero-order valence-corrected chi connectivity index (χ0v) is 28.2. The zero-order valence-electron chi connectivity index (χ0n) is 23.4. The van der Waals surface area contributed by atoms with Crippen molar-refractivity contribution < 1.29 is 9.84 Å². The topological polar surface area (TPSA) is 29.5 Å². The predicted molar refractivity (Wildman–Crippen MR) is 182 cm³/mol. The smallest absolute Gasteiger partial charge is 0.127 e. The third-order valence-corrected chi connectivity index (χ3v) is 7.91. The number of halogens is 3. The monoisotopic (exact) mass is 720 g/mol. The van der Waals surface area contributed by atoms with Crippen LogP contribution < -0.4 is 4.74 Å². The van der Waals surface area contributed by atoms with Crippen molar-refractivity contribution in [3.05, 3.63) is 81.7 Å². The Morgan fingerprint density at radius 1 is 0.615 bits per heavy atom. The Morgan fingerprint density at radius 2 is 1.15 bits per heavy atom. The van der Waals surface area contributed by atoms with Gasteiger partial charge in [0.2, 0.25) is 0 Å². The normalized spacial score (nSPS) is 10.5. The third-order valence-electron chi connectivity index (χ3n) is 6.36. The first kappa shape index (κ1) is 33.6. The van der Waals surface area contributed by atoms with E-state index in [1.165, 1.54) is 73.9 Å². The minimum absolute atomic E-state index is 0.333. The first-order valence-electron chi connectivity index (χ1n) is 14.2. The van der Waals surface area contributed by atoms with Gasteiger partial charge < -0.3 is 9.84 Å². The van der Waals surface area contributed by atoms with Crippen LogP contribution in [-0.2, 0) is 0 Å². The van der Waals surface area contributed by atoms with Gasteiger partial charge in [0.1, 0.15) is 11.5 Å². The SMILES string of the molecule is CCCCCCCBr.CCCCCCCOc1cccc2cc(Br)ccc12.Oc1cccc2cc(Br)ccc12. The average molecular weight is 723 g/mol. The van der Waals surface area contributed by atoms with E-state index < -0.39 is 0 Å². The van der Waals surface area contributed by atoms with Crippen molar-refractivity contribution in [2.24, 2.45) is 0 Å². The fourth-order valence-corrected chi connectivity index (χ4v) is 5.33. The van der Waals surface area contributed by atoms with Crippen molar-refractivity contribution >= 4 is 69.3 Å². The standard InChI is InChI=1S/C17H21BrO.C10H7BrO.C7H15Br/c1-2-3-4-5-6-12-19-17-9-7-8-14-13-15(18)10-11-16(14)17;11-8-4-5-9-7(6-8)2-1-3-10(9)12;1-2-3-4-5-6-7-8/h7-11,13H,2-6,12H2,1H3;1-6,12H;2-7H2,1H3. The highest BCUT2D eigenvalue weighted by Crippen LogP contribution is 2.28. The molecule has 4 rings (SSSR count). The Morgan fingerprint density at radius 3 is 1.77 bits per heavy atom. The first-order valence-corrected chi connectivity index (χ1v) is 16.9. The molecule has 0 saturated heterocycles. The van der Waals surface area contributed by atoms with Gasteiger partial charge in [-0.2, -0.15) is 0 Å². The number of phenols is 1. The second kappa shape index (κ2) is 20.3. The fourth-order valence-electron chi connectivity index (χ4n) is 4.17. The molecular formula is C34H43Br3O2. The molecule has 0 spiro atoms. The highest BCUT2D eigenvalue weighted by molar-refractivity contribution is 9.10. The van der Waals surface area contributed by atoms with Crippen molar-refractivity contribution in [1.29, 1.82) is 0 Å². The van der Waals surface area contributed by atoms with Gasteiger partial charge in [0.05, 0.1) is 6.61 Å². The predicted octanol–water partition coefficient (Wildman–Crippen LogP) is 12.6. The molecule has 0 saturated carbocycles. The maximum Gasteiger partial charge on any atom is 0.127 e. The number of phenolic OH excluding ortho intramolecular Hbond substituents is 1. The van der Waals surface area contributed by atoms with Gasteiger partial charge in [-0.1, -0.05) is 137 Å². The van der Waals surface area contributed by atoms with E-state index >= 15 is 0 Å². The molecule has 0 heterocycles. The lowest BCUT2D eigenvalue weighted by Gasteiger charge is -2.09. The van der Waals surface area contributed by atoms with Gasteiger partial charge in [0.15, 0.2) is 0 Å². The van der Waals surface area contributed by atoms with Gasteiger partial charge in [0, 0.05) is 25.0 Å². The Hall–Kier alpha value is -1.56. The van der Waals surface area contributed by atoms with Gasteiger partial charge in [-0.05, 0) is 72.1 Å². The summed E-state index contributed by atoms with van der Waals surface area (Å²) in [7, 11) is 0. The van der Waals surface area contributed by atoms with E-state index in [1.54, 1.807) is 6.07 Å². The summed E-state index contributed by atoms with van der Waals surface area (Å²) >= 11 is 10.3. The van der Waals surface area contributed by atoms with Gasteiger partial charge >= 0.3 is 0 Å². The molecule has 0 atom stereocenters. The number of unbranched alkanes of at least 4 members (excludes halogenated alkanes) is 8. The van der Waals surface area contributed by atoms with E-state index in [-0.39, 0.29) is 0 Å². The van der Waals surface area contributed by atoms with Crippen LogP contribution in [0.1, 0.15) is 78.1 Å². The molecule has 2 nitrogen and oxygen atoms in total. The summed E-state index contributed by atoms with van der Waals surface area (Å²) in [5, 5.41) is 15.0. The van der Waals surface area contributed by atoms with Crippen molar-refractivity contribution in [3.63, 3.8) is 0 Å². The second-order valence-electron chi connectivity index (χ2n) is 9.63. The molecule has 0 aliphatic rings. The van der Waals surface area contributed by atoms with Crippen LogP contribution in [0, 0.1) is 0 Å². The van der Waals surface area contributed by atoms with Crippen molar-refractivity contribution in [2.75, 3.05) is 11.9 Å². The molecule has 4 aromatic rings. The van der Waals surface area contributed by atoms with E-state index in [0.29, 0.717) is 5.75 Å². The minimum Gasteiger partial charge on any atom is -0.507 e. The van der Waals surface area contributed by atoms with Gasteiger partial charge in [-0.3, -0.25) is 0 Å². The van der Waals surface area contributed by atoms with Crippen molar-refractivity contribution in [3.8, 4) is 11.5 Å². The molecule has 212 valence electrons. The molecule has 0 fully saturated rings. The van der Waals surface area contributed by atoms with Gasteiger partial charge in [0.25, 0.3) is 0 Å². The Labute approximate surface area is 260 Å². The number of benzene rings is 4. The summed E-state index contributed by atoms with van der Waals surface area (Å²) < 4.78 is 8.06. The van der Waals surface area contributed by atoms with Crippen LogP contribution in [0.15, 0.2) is 81.7 Å². The quantitative estimate of drug-likeness (QED) is 0.117. The molecule has 0 bridgehead atoms. The average Bonchev–Trinajstić information content (AvgIpc) is 2.94. The summed E-state index contributed by atoms with van der Waals surface area (Å²) in [6.07, 6.45) is 13.3. The Kier molecular flexibility index (Phi) is 17.5. The maximum atomic E-state index is 9.45. The fraction of sp³-hybridized carbons (Fsp3) is 0.412. The van der Waals surface area contributed by atoms with Gasteiger partial charge in [-0.25, -0.2) is 0 Å². The number of alkyl halides is 1. The molecule has 0 aliphatic carbocycles. The molecule has 1 N–H and O–H groups in total. The Bertz CT molecular complexity index is 1220. The first-order chi connectivity index (χ1) is 19.0. The second-order valence-corrected chi connectivity index (χ2v) is 12.3. The lowest BCUT2D eigenvalue weighted by molar-refractivity contribution is 0.308. The third kappa shape index (κ3) is 13.1.